The second-order valence-electron chi connectivity index (χ2n) is 6.81. The van der Waals surface area contributed by atoms with Gasteiger partial charge in [0.1, 0.15) is 6.04 Å². The van der Waals surface area contributed by atoms with Crippen molar-refractivity contribution in [2.75, 3.05) is 38.5 Å². The van der Waals surface area contributed by atoms with Crippen molar-refractivity contribution in [1.82, 2.24) is 9.80 Å². The lowest BCUT2D eigenvalue weighted by atomic mass is 10.0. The van der Waals surface area contributed by atoms with Crippen LogP contribution in [0.3, 0.4) is 0 Å². The molecule has 0 saturated carbocycles. The largest absolute Gasteiger partial charge is 0.412 e. The SMILES string of the molecule is CN1CCN(Cc2cccc(C(Nc3ccccc3)C(F)(F)F)c2)CC1. The zero-order valence-electron chi connectivity index (χ0n) is 14.8. The highest BCUT2D eigenvalue weighted by Crippen LogP contribution is 2.36. The standard InChI is InChI=1S/C20H24F3N3/c1-25-10-12-26(13-11-25)15-16-6-5-7-17(14-16)19(20(21,22)23)24-18-8-3-2-4-9-18/h2-9,14,19,24H,10-13,15H2,1H3. The molecule has 0 amide bonds. The van der Waals surface area contributed by atoms with Crippen LogP contribution in [-0.4, -0.2) is 49.2 Å². The molecule has 1 N–H and O–H groups in total. The van der Waals surface area contributed by atoms with Crippen LogP contribution < -0.4 is 5.32 Å². The monoisotopic (exact) mass is 363 g/mol. The van der Waals surface area contributed by atoms with Crippen LogP contribution in [0.5, 0.6) is 0 Å². The van der Waals surface area contributed by atoms with Crippen LogP contribution in [0.2, 0.25) is 0 Å². The first-order chi connectivity index (χ1) is 12.4. The maximum atomic E-state index is 13.6. The van der Waals surface area contributed by atoms with Gasteiger partial charge < -0.3 is 10.2 Å². The van der Waals surface area contributed by atoms with Crippen molar-refractivity contribution >= 4 is 5.69 Å². The summed E-state index contributed by atoms with van der Waals surface area (Å²) in [5.74, 6) is 0. The highest BCUT2D eigenvalue weighted by Gasteiger charge is 2.41. The van der Waals surface area contributed by atoms with E-state index in [9.17, 15) is 13.2 Å². The van der Waals surface area contributed by atoms with Gasteiger partial charge in [0, 0.05) is 38.4 Å². The summed E-state index contributed by atoms with van der Waals surface area (Å²) < 4.78 is 40.9. The summed E-state index contributed by atoms with van der Waals surface area (Å²) in [4.78, 5) is 4.54. The van der Waals surface area contributed by atoms with E-state index >= 15 is 0 Å². The highest BCUT2D eigenvalue weighted by molar-refractivity contribution is 5.46. The third-order valence-corrected chi connectivity index (χ3v) is 4.70. The van der Waals surface area contributed by atoms with Crippen molar-refractivity contribution < 1.29 is 13.2 Å². The maximum absolute atomic E-state index is 13.6. The summed E-state index contributed by atoms with van der Waals surface area (Å²) >= 11 is 0. The second kappa shape index (κ2) is 8.10. The predicted octanol–water partition coefficient (Wildman–Crippen LogP) is 4.15. The van der Waals surface area contributed by atoms with E-state index in [0.29, 0.717) is 12.2 Å². The number of alkyl halides is 3. The van der Waals surface area contributed by atoms with Crippen LogP contribution >= 0.6 is 0 Å². The third kappa shape index (κ3) is 4.99. The number of nitrogens with zero attached hydrogens (tertiary/aromatic N) is 2. The fraction of sp³-hybridized carbons (Fsp3) is 0.400. The molecule has 2 aromatic rings. The van der Waals surface area contributed by atoms with Gasteiger partial charge in [0.05, 0.1) is 0 Å². The summed E-state index contributed by atoms with van der Waals surface area (Å²) in [5.41, 5.74) is 1.61. The first-order valence-electron chi connectivity index (χ1n) is 8.80. The quantitative estimate of drug-likeness (QED) is 0.861. The highest BCUT2D eigenvalue weighted by atomic mass is 19.4. The molecule has 1 aliphatic heterocycles. The smallest absolute Gasteiger partial charge is 0.370 e. The Morgan fingerprint density at radius 2 is 1.65 bits per heavy atom. The Morgan fingerprint density at radius 3 is 2.31 bits per heavy atom. The van der Waals surface area contributed by atoms with Gasteiger partial charge in [-0.05, 0) is 30.3 Å². The number of rotatable bonds is 5. The molecule has 1 heterocycles. The van der Waals surface area contributed by atoms with E-state index < -0.39 is 12.2 Å². The minimum Gasteiger partial charge on any atom is -0.370 e. The summed E-state index contributed by atoms with van der Waals surface area (Å²) in [6, 6.07) is 13.6. The topological polar surface area (TPSA) is 18.5 Å². The first kappa shape index (κ1) is 18.7. The fourth-order valence-electron chi connectivity index (χ4n) is 3.19. The van der Waals surface area contributed by atoms with Crippen LogP contribution in [0.4, 0.5) is 18.9 Å². The second-order valence-corrected chi connectivity index (χ2v) is 6.81. The van der Waals surface area contributed by atoms with Crippen LogP contribution in [0.15, 0.2) is 54.6 Å². The van der Waals surface area contributed by atoms with E-state index in [0.717, 1.165) is 31.7 Å². The molecular formula is C20H24F3N3. The van der Waals surface area contributed by atoms with Gasteiger partial charge in [-0.2, -0.15) is 13.2 Å². The molecule has 0 aromatic heterocycles. The Hall–Kier alpha value is -2.05. The number of para-hydroxylation sites is 1. The molecule has 0 aliphatic carbocycles. The molecule has 1 aliphatic rings. The molecular weight excluding hydrogens is 339 g/mol. The molecule has 1 unspecified atom stereocenters. The lowest BCUT2D eigenvalue weighted by Crippen LogP contribution is -2.43. The van der Waals surface area contributed by atoms with Gasteiger partial charge >= 0.3 is 6.18 Å². The van der Waals surface area contributed by atoms with Gasteiger partial charge in [-0.1, -0.05) is 42.5 Å². The van der Waals surface area contributed by atoms with Crippen molar-refractivity contribution in [3.8, 4) is 0 Å². The molecule has 2 aromatic carbocycles. The Labute approximate surface area is 152 Å². The molecule has 1 fully saturated rings. The lowest BCUT2D eigenvalue weighted by Gasteiger charge is -2.32. The fourth-order valence-corrected chi connectivity index (χ4v) is 3.19. The first-order valence-corrected chi connectivity index (χ1v) is 8.80. The molecule has 1 saturated heterocycles. The number of nitrogens with one attached hydrogen (secondary N) is 1. The Bertz CT molecular complexity index is 695. The van der Waals surface area contributed by atoms with E-state index in [2.05, 4.69) is 22.2 Å². The number of hydrogen-bond donors (Lipinski definition) is 1. The molecule has 26 heavy (non-hydrogen) atoms. The number of halogens is 3. The van der Waals surface area contributed by atoms with E-state index in [1.54, 1.807) is 48.5 Å². The van der Waals surface area contributed by atoms with Crippen LogP contribution in [0.1, 0.15) is 17.2 Å². The number of hydrogen-bond acceptors (Lipinski definition) is 3. The van der Waals surface area contributed by atoms with Gasteiger partial charge in [-0.25, -0.2) is 0 Å². The maximum Gasteiger partial charge on any atom is 0.412 e. The minimum absolute atomic E-state index is 0.244. The van der Waals surface area contributed by atoms with Crippen molar-refractivity contribution in [3.05, 3.63) is 65.7 Å². The van der Waals surface area contributed by atoms with Crippen molar-refractivity contribution in [3.63, 3.8) is 0 Å². The van der Waals surface area contributed by atoms with Gasteiger partial charge in [0.2, 0.25) is 0 Å². The Balaban J connectivity index is 1.76. The normalized spacial score (nSPS) is 17.8. The van der Waals surface area contributed by atoms with E-state index in [1.807, 2.05) is 6.07 Å². The third-order valence-electron chi connectivity index (χ3n) is 4.70. The van der Waals surface area contributed by atoms with Crippen molar-refractivity contribution in [1.29, 1.82) is 0 Å². The van der Waals surface area contributed by atoms with Gasteiger partial charge in [-0.15, -0.1) is 0 Å². The molecule has 0 bridgehead atoms. The summed E-state index contributed by atoms with van der Waals surface area (Å²) in [5, 5.41) is 2.63. The zero-order chi connectivity index (χ0) is 18.6. The molecule has 0 spiro atoms. The summed E-state index contributed by atoms with van der Waals surface area (Å²) in [6.07, 6.45) is -4.37. The molecule has 3 rings (SSSR count). The molecule has 0 radical (unpaired) electrons. The van der Waals surface area contributed by atoms with Gasteiger partial charge in [0.25, 0.3) is 0 Å². The summed E-state index contributed by atoms with van der Waals surface area (Å²) in [7, 11) is 2.08. The number of benzene rings is 2. The van der Waals surface area contributed by atoms with Crippen LogP contribution in [0, 0.1) is 0 Å². The van der Waals surface area contributed by atoms with Crippen LogP contribution in [0.25, 0.3) is 0 Å². The van der Waals surface area contributed by atoms with Gasteiger partial charge in [0.15, 0.2) is 0 Å². The van der Waals surface area contributed by atoms with E-state index in [1.165, 1.54) is 0 Å². The molecule has 3 nitrogen and oxygen atoms in total. The van der Waals surface area contributed by atoms with Gasteiger partial charge in [-0.3, -0.25) is 4.90 Å². The number of anilines is 1. The van der Waals surface area contributed by atoms with Crippen LogP contribution in [-0.2, 0) is 6.54 Å². The average Bonchev–Trinajstić information content (AvgIpc) is 2.62. The zero-order valence-corrected chi connectivity index (χ0v) is 14.8. The predicted molar refractivity (Wildman–Crippen MR) is 98.1 cm³/mol. The Morgan fingerprint density at radius 1 is 0.962 bits per heavy atom. The molecule has 6 heteroatoms. The minimum atomic E-state index is -4.37. The average molecular weight is 363 g/mol. The molecule has 1 atom stereocenters. The molecule has 140 valence electrons. The van der Waals surface area contributed by atoms with Crippen molar-refractivity contribution in [2.45, 2.75) is 18.8 Å². The van der Waals surface area contributed by atoms with E-state index in [4.69, 9.17) is 0 Å². The van der Waals surface area contributed by atoms with E-state index in [-0.39, 0.29) is 5.56 Å². The Kier molecular flexibility index (Phi) is 5.84. The summed E-state index contributed by atoms with van der Waals surface area (Å²) in [6.45, 7) is 4.52. The lowest BCUT2D eigenvalue weighted by molar-refractivity contribution is -0.144. The number of piperazine rings is 1. The number of likely N-dealkylation sites (N-methyl/N-ethyl adjacent to an activating group) is 1. The van der Waals surface area contributed by atoms with Crippen molar-refractivity contribution in [2.24, 2.45) is 0 Å².